The van der Waals surface area contributed by atoms with Crippen LogP contribution in [0.5, 0.6) is 0 Å². The second kappa shape index (κ2) is 7.41. The van der Waals surface area contributed by atoms with Gasteiger partial charge in [-0.25, -0.2) is 13.6 Å². The first-order valence-corrected chi connectivity index (χ1v) is 8.03. The minimum Gasteiger partial charge on any atom is -0.398 e. The molecule has 0 saturated carbocycles. The molecule has 2 aromatic carbocycles. The van der Waals surface area contributed by atoms with Crippen molar-refractivity contribution in [2.75, 3.05) is 5.73 Å². The molecule has 0 radical (unpaired) electrons. The van der Waals surface area contributed by atoms with E-state index >= 15 is 0 Å². The van der Waals surface area contributed by atoms with Crippen LogP contribution < -0.4 is 10.9 Å². The monoisotopic (exact) mass is 328 g/mol. The van der Waals surface area contributed by atoms with E-state index in [-0.39, 0.29) is 10.5 Å². The molecule has 0 fully saturated rings. The number of nitrogens with two attached hydrogens (primary N) is 2. The summed E-state index contributed by atoms with van der Waals surface area (Å²) >= 11 is 0. The predicted octanol–water partition coefficient (Wildman–Crippen LogP) is 1.96. The highest BCUT2D eigenvalue weighted by Gasteiger charge is 2.13. The van der Waals surface area contributed by atoms with E-state index in [4.69, 9.17) is 21.4 Å². The van der Waals surface area contributed by atoms with Gasteiger partial charge in [0.25, 0.3) is 0 Å². The van der Waals surface area contributed by atoms with Crippen LogP contribution in [0.15, 0.2) is 41.3 Å². The van der Waals surface area contributed by atoms with Crippen LogP contribution >= 0.6 is 0 Å². The number of benzene rings is 2. The molecule has 118 valence electrons. The third-order valence-electron chi connectivity index (χ3n) is 2.89. The van der Waals surface area contributed by atoms with Crippen molar-refractivity contribution in [3.8, 4) is 12.1 Å². The number of nitrogens with zero attached hydrogens (tertiary/aromatic N) is 2. The van der Waals surface area contributed by atoms with Crippen molar-refractivity contribution < 1.29 is 8.42 Å². The van der Waals surface area contributed by atoms with Gasteiger partial charge in [0.15, 0.2) is 0 Å². The van der Waals surface area contributed by atoms with Crippen molar-refractivity contribution in [1.82, 2.24) is 0 Å². The van der Waals surface area contributed by atoms with Gasteiger partial charge in [0, 0.05) is 5.69 Å². The van der Waals surface area contributed by atoms with Gasteiger partial charge in [-0.2, -0.15) is 10.5 Å². The molecule has 0 unspecified atom stereocenters. The predicted molar refractivity (Wildman–Crippen MR) is 87.6 cm³/mol. The van der Waals surface area contributed by atoms with Crippen LogP contribution in [0.3, 0.4) is 0 Å². The minimum absolute atomic E-state index is 0.0769. The van der Waals surface area contributed by atoms with Crippen molar-refractivity contribution in [1.29, 1.82) is 10.5 Å². The van der Waals surface area contributed by atoms with Gasteiger partial charge in [-0.3, -0.25) is 0 Å². The largest absolute Gasteiger partial charge is 0.398 e. The highest BCUT2D eigenvalue weighted by Crippen LogP contribution is 2.14. The maximum atomic E-state index is 11.0. The van der Waals surface area contributed by atoms with Crippen molar-refractivity contribution in [2.24, 2.45) is 5.14 Å². The molecule has 23 heavy (non-hydrogen) atoms. The number of nitriles is 2. The standard InChI is InChI=1S/C8H8N2O2S.C8H8N2/c1-6-2-3-7(5-9)8(4-6)13(10,11)12;1-6-2-3-7(5-9)8(10)4-6/h2-4H,1H3,(H2,10,11,12);2-4H,10H2,1H3. The molecule has 0 aliphatic heterocycles. The van der Waals surface area contributed by atoms with Crippen molar-refractivity contribution in [3.63, 3.8) is 0 Å². The average molecular weight is 328 g/mol. The zero-order chi connectivity index (χ0) is 17.6. The van der Waals surface area contributed by atoms with Gasteiger partial charge in [-0.15, -0.1) is 0 Å². The number of primary sulfonamides is 1. The van der Waals surface area contributed by atoms with Gasteiger partial charge in [-0.05, 0) is 49.2 Å². The minimum atomic E-state index is -3.79. The topological polar surface area (TPSA) is 134 Å². The maximum Gasteiger partial charge on any atom is 0.239 e. The lowest BCUT2D eigenvalue weighted by atomic mass is 10.1. The highest BCUT2D eigenvalue weighted by atomic mass is 32.2. The molecule has 0 aromatic heterocycles. The quantitative estimate of drug-likeness (QED) is 0.772. The molecule has 0 saturated heterocycles. The number of hydrogen-bond acceptors (Lipinski definition) is 5. The Labute approximate surface area is 135 Å². The molecule has 0 amide bonds. The normalized spacial score (nSPS) is 9.96. The summed E-state index contributed by atoms with van der Waals surface area (Å²) < 4.78 is 22.0. The van der Waals surface area contributed by atoms with Crippen LogP contribution in [0.2, 0.25) is 0 Å². The summed E-state index contributed by atoms with van der Waals surface area (Å²) in [5.74, 6) is 0. The number of anilines is 1. The lowest BCUT2D eigenvalue weighted by molar-refractivity contribution is 0.597. The molecule has 0 aliphatic rings. The Morgan fingerprint density at radius 2 is 1.39 bits per heavy atom. The summed E-state index contributed by atoms with van der Waals surface area (Å²) in [7, 11) is -3.79. The molecule has 7 heteroatoms. The molecule has 0 aliphatic carbocycles. The van der Waals surface area contributed by atoms with Crippen LogP contribution in [-0.4, -0.2) is 8.42 Å². The first kappa shape index (κ1) is 18.2. The average Bonchev–Trinajstić information content (AvgIpc) is 2.47. The van der Waals surface area contributed by atoms with Crippen molar-refractivity contribution in [2.45, 2.75) is 18.7 Å². The Hall–Kier alpha value is -2.87. The number of rotatable bonds is 1. The summed E-state index contributed by atoms with van der Waals surface area (Å²) in [6.07, 6.45) is 0. The lowest BCUT2D eigenvalue weighted by Gasteiger charge is -2.01. The lowest BCUT2D eigenvalue weighted by Crippen LogP contribution is -2.13. The molecule has 0 spiro atoms. The van der Waals surface area contributed by atoms with Crippen LogP contribution in [0.4, 0.5) is 5.69 Å². The van der Waals surface area contributed by atoms with E-state index in [1.165, 1.54) is 12.1 Å². The SMILES string of the molecule is Cc1ccc(C#N)c(N)c1.Cc1ccc(C#N)c(S(N)(=O)=O)c1. The molecule has 0 heterocycles. The summed E-state index contributed by atoms with van der Waals surface area (Å²) in [6.45, 7) is 3.67. The van der Waals surface area contributed by atoms with Gasteiger partial charge in [-0.1, -0.05) is 12.1 Å². The van der Waals surface area contributed by atoms with E-state index in [9.17, 15) is 8.42 Å². The van der Waals surface area contributed by atoms with E-state index in [0.717, 1.165) is 11.1 Å². The second-order valence-corrected chi connectivity index (χ2v) is 6.39. The molecule has 0 atom stereocenters. The number of hydrogen-bond donors (Lipinski definition) is 2. The molecular weight excluding hydrogens is 312 g/mol. The Morgan fingerprint density at radius 1 is 0.913 bits per heavy atom. The van der Waals surface area contributed by atoms with Gasteiger partial charge in [0.05, 0.1) is 16.0 Å². The first-order chi connectivity index (χ1) is 10.7. The van der Waals surface area contributed by atoms with Gasteiger partial charge in [0.1, 0.15) is 12.1 Å². The van der Waals surface area contributed by atoms with E-state index in [1.807, 2.05) is 19.1 Å². The Morgan fingerprint density at radius 3 is 1.83 bits per heavy atom. The Balaban J connectivity index is 0.000000238. The van der Waals surface area contributed by atoms with E-state index < -0.39 is 10.0 Å². The van der Waals surface area contributed by atoms with E-state index in [2.05, 4.69) is 0 Å². The molecule has 2 rings (SSSR count). The van der Waals surface area contributed by atoms with Crippen LogP contribution in [-0.2, 0) is 10.0 Å². The van der Waals surface area contributed by atoms with Crippen molar-refractivity contribution in [3.05, 3.63) is 58.7 Å². The molecule has 2 aromatic rings. The van der Waals surface area contributed by atoms with Crippen molar-refractivity contribution >= 4 is 15.7 Å². The van der Waals surface area contributed by atoms with Gasteiger partial charge >= 0.3 is 0 Å². The van der Waals surface area contributed by atoms with Gasteiger partial charge < -0.3 is 5.73 Å². The smallest absolute Gasteiger partial charge is 0.239 e. The summed E-state index contributed by atoms with van der Waals surface area (Å²) in [6, 6.07) is 13.6. The van der Waals surface area contributed by atoms with Crippen LogP contribution in [0.25, 0.3) is 0 Å². The third-order valence-corrected chi connectivity index (χ3v) is 3.84. The maximum absolute atomic E-state index is 11.0. The van der Waals surface area contributed by atoms with E-state index in [1.54, 1.807) is 31.2 Å². The van der Waals surface area contributed by atoms with Crippen LogP contribution in [0, 0.1) is 36.5 Å². The molecular formula is C16H16N4O2S. The first-order valence-electron chi connectivity index (χ1n) is 6.49. The molecule has 4 N–H and O–H groups in total. The fourth-order valence-electron chi connectivity index (χ4n) is 1.74. The zero-order valence-corrected chi connectivity index (χ0v) is 13.6. The summed E-state index contributed by atoms with van der Waals surface area (Å²) in [4.78, 5) is -0.116. The summed E-state index contributed by atoms with van der Waals surface area (Å²) in [5.41, 5.74) is 8.52. The second-order valence-electron chi connectivity index (χ2n) is 4.86. The van der Waals surface area contributed by atoms with Gasteiger partial charge in [0.2, 0.25) is 10.0 Å². The Bertz CT molecular complexity index is 907. The fraction of sp³-hybridized carbons (Fsp3) is 0.125. The zero-order valence-electron chi connectivity index (χ0n) is 12.7. The fourth-order valence-corrected chi connectivity index (χ4v) is 2.51. The highest BCUT2D eigenvalue weighted by molar-refractivity contribution is 7.89. The molecule has 6 nitrogen and oxygen atoms in total. The summed E-state index contributed by atoms with van der Waals surface area (Å²) in [5, 5.41) is 22.0. The van der Waals surface area contributed by atoms with E-state index in [0.29, 0.717) is 11.3 Å². The number of nitrogen functional groups attached to an aromatic ring is 1. The molecule has 0 bridgehead atoms. The third kappa shape index (κ3) is 5.11. The van der Waals surface area contributed by atoms with Crippen LogP contribution in [0.1, 0.15) is 22.3 Å². The Kier molecular flexibility index (Phi) is 5.86. The number of aryl methyl sites for hydroxylation is 2. The number of sulfonamides is 1.